The lowest BCUT2D eigenvalue weighted by molar-refractivity contribution is -0.137. The van der Waals surface area contributed by atoms with Gasteiger partial charge in [0.05, 0.1) is 16.0 Å². The summed E-state index contributed by atoms with van der Waals surface area (Å²) >= 11 is 0. The summed E-state index contributed by atoms with van der Waals surface area (Å²) in [5.74, 6) is -1.33. The van der Waals surface area contributed by atoms with E-state index in [0.717, 1.165) is 41.5 Å². The largest absolute Gasteiger partial charge is 0.416 e. The number of unbranched alkanes of at least 4 members (excludes halogenated alkanes) is 1. The zero-order valence-corrected chi connectivity index (χ0v) is 23.3. The van der Waals surface area contributed by atoms with Gasteiger partial charge in [-0.1, -0.05) is 31.5 Å². The Hall–Kier alpha value is -3.93. The summed E-state index contributed by atoms with van der Waals surface area (Å²) < 4.78 is 64.6. The lowest BCUT2D eigenvalue weighted by atomic mass is 10.1. The number of carbonyl (C=O) groups excluding carboxylic acids is 2. The highest BCUT2D eigenvalue weighted by atomic mass is 32.2. The zero-order valence-electron chi connectivity index (χ0n) is 22.5. The third-order valence-electron chi connectivity index (χ3n) is 6.35. The molecule has 3 rings (SSSR count). The maximum atomic E-state index is 13.5. The number of pyridine rings is 1. The molecule has 0 aliphatic heterocycles. The van der Waals surface area contributed by atoms with E-state index in [1.54, 1.807) is 7.05 Å². The van der Waals surface area contributed by atoms with Crippen molar-refractivity contribution in [1.82, 2.24) is 14.8 Å². The van der Waals surface area contributed by atoms with E-state index in [0.29, 0.717) is 18.5 Å². The van der Waals surface area contributed by atoms with Crippen LogP contribution in [-0.4, -0.2) is 49.5 Å². The Kier molecular flexibility index (Phi) is 9.24. The Bertz CT molecular complexity index is 1580. The van der Waals surface area contributed by atoms with Crippen LogP contribution in [0.5, 0.6) is 0 Å². The molecule has 0 atom stereocenters. The molecule has 1 aromatic heterocycles. The normalized spacial score (nSPS) is 11.8. The van der Waals surface area contributed by atoms with Crippen LogP contribution >= 0.6 is 0 Å². The number of alkyl halides is 3. The third kappa shape index (κ3) is 6.98. The van der Waals surface area contributed by atoms with Gasteiger partial charge in [0.2, 0.25) is 0 Å². The van der Waals surface area contributed by atoms with E-state index in [9.17, 15) is 36.0 Å². The minimum atomic E-state index is -4.67. The fourth-order valence-corrected chi connectivity index (χ4v) is 4.68. The van der Waals surface area contributed by atoms with Gasteiger partial charge >= 0.3 is 6.18 Å². The zero-order chi connectivity index (χ0) is 29.8. The number of carbonyl (C=O) groups is 2. The topological polar surface area (TPSA) is 106 Å². The van der Waals surface area contributed by atoms with Crippen molar-refractivity contribution in [3.05, 3.63) is 92.9 Å². The van der Waals surface area contributed by atoms with Crippen molar-refractivity contribution in [2.24, 2.45) is 0 Å². The monoisotopic (exact) mass is 577 g/mol. The number of amides is 2. The lowest BCUT2D eigenvalue weighted by Gasteiger charge is -2.21. The highest BCUT2D eigenvalue weighted by molar-refractivity contribution is 7.90. The van der Waals surface area contributed by atoms with Gasteiger partial charge in [-0.15, -0.1) is 0 Å². The first-order valence-electron chi connectivity index (χ1n) is 12.4. The molecule has 0 bridgehead atoms. The molecule has 40 heavy (non-hydrogen) atoms. The molecule has 8 nitrogen and oxygen atoms in total. The third-order valence-corrected chi connectivity index (χ3v) is 7.48. The van der Waals surface area contributed by atoms with Crippen LogP contribution in [-0.2, 0) is 22.6 Å². The molecular formula is C28H30F3N3O5S. The molecule has 12 heteroatoms. The average Bonchev–Trinajstić information content (AvgIpc) is 2.89. The standard InChI is InChI=1S/C28H30F3N3O5S/c1-5-6-14-33(3)26(36)23-16-24(25(35)32-17-19-10-12-22(13-11-19)40(4,38)39)27(37)34(18(23)2)21-9-7-8-20(15-21)28(29,30)31/h7-13,15-16H,5-6,14,17H2,1-4H3,(H,32,35). The number of benzene rings is 2. The predicted molar refractivity (Wildman–Crippen MR) is 144 cm³/mol. The quantitative estimate of drug-likeness (QED) is 0.407. The van der Waals surface area contributed by atoms with Gasteiger partial charge < -0.3 is 10.2 Å². The van der Waals surface area contributed by atoms with Crippen molar-refractivity contribution >= 4 is 21.7 Å². The van der Waals surface area contributed by atoms with E-state index in [1.165, 1.54) is 42.2 Å². The predicted octanol–water partition coefficient (Wildman–Crippen LogP) is 4.37. The Balaban J connectivity index is 2.08. The Morgan fingerprint density at radius 1 is 1.02 bits per heavy atom. The van der Waals surface area contributed by atoms with E-state index < -0.39 is 44.5 Å². The van der Waals surface area contributed by atoms with Gasteiger partial charge in [-0.05, 0) is 55.3 Å². The fraction of sp³-hybridized carbons (Fsp3) is 0.321. The van der Waals surface area contributed by atoms with Gasteiger partial charge in [0.15, 0.2) is 9.84 Å². The van der Waals surface area contributed by atoms with Gasteiger partial charge in [-0.2, -0.15) is 13.2 Å². The van der Waals surface area contributed by atoms with Crippen LogP contribution in [0.2, 0.25) is 0 Å². The molecule has 0 fully saturated rings. The number of nitrogens with one attached hydrogen (secondary N) is 1. The number of hydrogen-bond donors (Lipinski definition) is 1. The fourth-order valence-electron chi connectivity index (χ4n) is 4.05. The van der Waals surface area contributed by atoms with Crippen molar-refractivity contribution in [2.75, 3.05) is 19.8 Å². The highest BCUT2D eigenvalue weighted by Gasteiger charge is 2.31. The van der Waals surface area contributed by atoms with Crippen molar-refractivity contribution in [1.29, 1.82) is 0 Å². The van der Waals surface area contributed by atoms with E-state index in [1.807, 2.05) is 6.92 Å². The van der Waals surface area contributed by atoms with Crippen molar-refractivity contribution in [2.45, 2.75) is 44.3 Å². The van der Waals surface area contributed by atoms with Gasteiger partial charge in [0.1, 0.15) is 5.56 Å². The van der Waals surface area contributed by atoms with Crippen LogP contribution in [0.25, 0.3) is 5.69 Å². The smallest absolute Gasteiger partial charge is 0.348 e. The summed E-state index contributed by atoms with van der Waals surface area (Å²) in [5.41, 5.74) is -1.83. The maximum absolute atomic E-state index is 13.5. The number of aromatic nitrogens is 1. The van der Waals surface area contributed by atoms with E-state index in [-0.39, 0.29) is 28.4 Å². The Labute approximate surface area is 230 Å². The molecule has 2 aromatic carbocycles. The first-order chi connectivity index (χ1) is 18.6. The van der Waals surface area contributed by atoms with Crippen molar-refractivity contribution < 1.29 is 31.2 Å². The summed E-state index contributed by atoms with van der Waals surface area (Å²) in [6.45, 7) is 3.73. The van der Waals surface area contributed by atoms with E-state index in [2.05, 4.69) is 5.32 Å². The van der Waals surface area contributed by atoms with Crippen LogP contribution in [0, 0.1) is 6.92 Å². The second-order valence-corrected chi connectivity index (χ2v) is 11.4. The molecule has 0 aliphatic carbocycles. The maximum Gasteiger partial charge on any atom is 0.416 e. The van der Waals surface area contributed by atoms with E-state index >= 15 is 0 Å². The molecule has 0 radical (unpaired) electrons. The number of rotatable bonds is 9. The molecule has 0 spiro atoms. The first kappa shape index (κ1) is 30.6. The first-order valence-corrected chi connectivity index (χ1v) is 14.3. The summed E-state index contributed by atoms with van der Waals surface area (Å²) in [5, 5.41) is 2.57. The molecule has 214 valence electrons. The van der Waals surface area contributed by atoms with Crippen LogP contribution < -0.4 is 10.9 Å². The van der Waals surface area contributed by atoms with Gasteiger partial charge in [0.25, 0.3) is 17.4 Å². The molecule has 0 saturated carbocycles. The molecular weight excluding hydrogens is 547 g/mol. The minimum Gasteiger partial charge on any atom is -0.348 e. The van der Waals surface area contributed by atoms with Crippen molar-refractivity contribution in [3.8, 4) is 5.69 Å². The minimum absolute atomic E-state index is 0.00160. The average molecular weight is 578 g/mol. The molecule has 0 unspecified atom stereocenters. The van der Waals surface area contributed by atoms with Gasteiger partial charge in [-0.25, -0.2) is 8.42 Å². The van der Waals surface area contributed by atoms with Crippen LogP contribution in [0.4, 0.5) is 13.2 Å². The number of hydrogen-bond acceptors (Lipinski definition) is 5. The summed E-state index contributed by atoms with van der Waals surface area (Å²) in [6.07, 6.45) is -2.08. The molecule has 3 aromatic rings. The number of halogens is 3. The molecule has 0 aliphatic rings. The van der Waals surface area contributed by atoms with Crippen LogP contribution in [0.3, 0.4) is 0 Å². The lowest BCUT2D eigenvalue weighted by Crippen LogP contribution is -2.36. The number of nitrogens with zero attached hydrogens (tertiary/aromatic N) is 2. The van der Waals surface area contributed by atoms with Crippen LogP contribution in [0.1, 0.15) is 57.3 Å². The summed E-state index contributed by atoms with van der Waals surface area (Å²) in [6, 6.07) is 11.0. The van der Waals surface area contributed by atoms with Gasteiger partial charge in [0, 0.05) is 37.8 Å². The Morgan fingerprint density at radius 3 is 2.25 bits per heavy atom. The molecule has 0 saturated heterocycles. The van der Waals surface area contributed by atoms with Crippen LogP contribution in [0.15, 0.2) is 64.3 Å². The Morgan fingerprint density at radius 2 is 1.68 bits per heavy atom. The molecule has 2 amide bonds. The molecule has 1 heterocycles. The highest BCUT2D eigenvalue weighted by Crippen LogP contribution is 2.30. The molecule has 1 N–H and O–H groups in total. The number of sulfone groups is 1. The van der Waals surface area contributed by atoms with Crippen molar-refractivity contribution in [3.63, 3.8) is 0 Å². The summed E-state index contributed by atoms with van der Waals surface area (Å²) in [4.78, 5) is 41.5. The van der Waals surface area contributed by atoms with Gasteiger partial charge in [-0.3, -0.25) is 19.0 Å². The van der Waals surface area contributed by atoms with E-state index in [4.69, 9.17) is 0 Å². The SMILES string of the molecule is CCCCN(C)C(=O)c1cc(C(=O)NCc2ccc(S(C)(=O)=O)cc2)c(=O)n(-c2cccc(C(F)(F)F)c2)c1C. The second-order valence-electron chi connectivity index (χ2n) is 9.42. The second kappa shape index (κ2) is 12.1. The summed E-state index contributed by atoms with van der Waals surface area (Å²) in [7, 11) is -1.84.